The molecule has 0 radical (unpaired) electrons. The van der Waals surface area contributed by atoms with Gasteiger partial charge in [-0.25, -0.2) is 15.0 Å². The first-order chi connectivity index (χ1) is 26.0. The third-order valence-corrected chi connectivity index (χ3v) is 10.9. The molecule has 0 atom stereocenters. The summed E-state index contributed by atoms with van der Waals surface area (Å²) in [4.78, 5) is 15.5. The van der Waals surface area contributed by atoms with E-state index in [0.29, 0.717) is 17.5 Å². The Balaban J connectivity index is 1.23. The van der Waals surface area contributed by atoms with E-state index >= 15 is 0 Å². The molecule has 0 unspecified atom stereocenters. The lowest BCUT2D eigenvalue weighted by atomic mass is 9.80. The summed E-state index contributed by atoms with van der Waals surface area (Å²) >= 11 is 0. The lowest BCUT2D eigenvalue weighted by Crippen LogP contribution is -2.14. The molecule has 1 aliphatic carbocycles. The van der Waals surface area contributed by atoms with Crippen LogP contribution >= 0.6 is 0 Å². The van der Waals surface area contributed by atoms with E-state index < -0.39 is 0 Å². The van der Waals surface area contributed by atoms with Crippen LogP contribution in [0.4, 0.5) is 0 Å². The molecular formula is C50H35N3. The summed E-state index contributed by atoms with van der Waals surface area (Å²) in [5, 5.41) is 4.72. The molecule has 0 bridgehead atoms. The number of rotatable bonds is 5. The highest BCUT2D eigenvalue weighted by Crippen LogP contribution is 2.54. The smallest absolute Gasteiger partial charge is 0.164 e. The van der Waals surface area contributed by atoms with Crippen LogP contribution in [0.2, 0.25) is 0 Å². The van der Waals surface area contributed by atoms with Gasteiger partial charge in [-0.15, -0.1) is 0 Å². The monoisotopic (exact) mass is 677 g/mol. The number of hydrogen-bond acceptors (Lipinski definition) is 3. The highest BCUT2D eigenvalue weighted by molar-refractivity contribution is 6.10. The molecule has 0 aliphatic heterocycles. The van der Waals surface area contributed by atoms with Crippen LogP contribution in [-0.4, -0.2) is 15.0 Å². The van der Waals surface area contributed by atoms with Crippen LogP contribution in [0.15, 0.2) is 176 Å². The highest BCUT2D eigenvalue weighted by Gasteiger charge is 2.37. The van der Waals surface area contributed by atoms with Gasteiger partial charge in [0, 0.05) is 22.1 Å². The van der Waals surface area contributed by atoms with Gasteiger partial charge in [0.2, 0.25) is 0 Å². The van der Waals surface area contributed by atoms with Gasteiger partial charge in [0.05, 0.1) is 0 Å². The second kappa shape index (κ2) is 12.2. The molecule has 0 spiro atoms. The molecule has 0 N–H and O–H groups in total. The van der Waals surface area contributed by atoms with Gasteiger partial charge in [-0.2, -0.15) is 0 Å². The Morgan fingerprint density at radius 2 is 0.849 bits per heavy atom. The fraction of sp³-hybridized carbons (Fsp3) is 0.0600. The zero-order valence-corrected chi connectivity index (χ0v) is 29.6. The second-order valence-electron chi connectivity index (χ2n) is 14.4. The van der Waals surface area contributed by atoms with E-state index in [-0.39, 0.29) is 5.41 Å². The van der Waals surface area contributed by atoms with Gasteiger partial charge in [-0.05, 0) is 84.3 Å². The van der Waals surface area contributed by atoms with Crippen LogP contribution in [-0.2, 0) is 5.41 Å². The molecule has 53 heavy (non-hydrogen) atoms. The van der Waals surface area contributed by atoms with Gasteiger partial charge in [0.15, 0.2) is 17.5 Å². The normalized spacial score (nSPS) is 12.9. The maximum Gasteiger partial charge on any atom is 0.164 e. The number of fused-ring (bicyclic) bond motifs is 5. The molecule has 0 fully saturated rings. The van der Waals surface area contributed by atoms with Crippen LogP contribution < -0.4 is 0 Å². The topological polar surface area (TPSA) is 38.7 Å². The Bertz CT molecular complexity index is 2840. The average Bonchev–Trinajstić information content (AvgIpc) is 3.45. The van der Waals surface area contributed by atoms with Gasteiger partial charge in [0.25, 0.3) is 0 Å². The summed E-state index contributed by atoms with van der Waals surface area (Å²) in [5.41, 5.74) is 12.8. The van der Waals surface area contributed by atoms with E-state index in [0.717, 1.165) is 38.6 Å². The molecular weight excluding hydrogens is 643 g/mol. The Morgan fingerprint density at radius 3 is 1.57 bits per heavy atom. The van der Waals surface area contributed by atoms with Gasteiger partial charge in [0.1, 0.15) is 0 Å². The van der Waals surface area contributed by atoms with Crippen molar-refractivity contribution in [1.82, 2.24) is 15.0 Å². The van der Waals surface area contributed by atoms with E-state index in [1.807, 2.05) is 24.3 Å². The average molecular weight is 678 g/mol. The maximum absolute atomic E-state index is 5.26. The number of benzene rings is 8. The van der Waals surface area contributed by atoms with Crippen LogP contribution in [0.25, 0.3) is 89.1 Å². The molecule has 1 heterocycles. The first-order valence-electron chi connectivity index (χ1n) is 18.2. The fourth-order valence-corrected chi connectivity index (χ4v) is 8.24. The summed E-state index contributed by atoms with van der Waals surface area (Å²) in [5.74, 6) is 1.94. The predicted molar refractivity (Wildman–Crippen MR) is 220 cm³/mol. The second-order valence-corrected chi connectivity index (χ2v) is 14.4. The summed E-state index contributed by atoms with van der Waals surface area (Å²) in [6.07, 6.45) is 0. The molecule has 1 aromatic heterocycles. The van der Waals surface area contributed by atoms with Crippen molar-refractivity contribution >= 4 is 21.5 Å². The van der Waals surface area contributed by atoms with Gasteiger partial charge >= 0.3 is 0 Å². The lowest BCUT2D eigenvalue weighted by molar-refractivity contribution is 0.661. The van der Waals surface area contributed by atoms with E-state index in [4.69, 9.17) is 15.0 Å². The summed E-state index contributed by atoms with van der Waals surface area (Å²) < 4.78 is 0. The Hall–Kier alpha value is -6.71. The van der Waals surface area contributed by atoms with E-state index in [2.05, 4.69) is 166 Å². The van der Waals surface area contributed by atoms with Crippen LogP contribution in [0.3, 0.4) is 0 Å². The number of nitrogens with zero attached hydrogens (tertiary/aromatic N) is 3. The quantitative estimate of drug-likeness (QED) is 0.182. The number of hydrogen-bond donors (Lipinski definition) is 0. The molecule has 1 aliphatic rings. The standard InChI is InChI=1S/C50H35N3/c1-50(2)43-24-14-13-23-41(43)46-44(50)31-37-20-10-12-22-40(37)45(46)38-29-36-19-9-11-21-39(36)42(30-38)49-52-47(34-17-7-4-8-18-34)51-48(53-49)35-27-25-33(26-28-35)32-15-5-3-6-16-32/h3-31H,1-2H3. The molecule has 9 aromatic rings. The molecule has 10 rings (SSSR count). The molecule has 0 amide bonds. The van der Waals surface area contributed by atoms with Crippen molar-refractivity contribution in [1.29, 1.82) is 0 Å². The first kappa shape index (κ1) is 31.1. The SMILES string of the molecule is CC1(C)c2ccccc2-c2c1cc1ccccc1c2-c1cc(-c2nc(-c3ccccc3)nc(-c3ccc(-c4ccccc4)cc3)n2)c2ccccc2c1. The zero-order valence-electron chi connectivity index (χ0n) is 29.6. The van der Waals surface area contributed by atoms with Crippen molar-refractivity contribution in [2.24, 2.45) is 0 Å². The molecule has 0 saturated carbocycles. The Labute approximate surface area is 309 Å². The van der Waals surface area contributed by atoms with Gasteiger partial charge in [-0.1, -0.05) is 172 Å². The first-order valence-corrected chi connectivity index (χ1v) is 18.2. The highest BCUT2D eigenvalue weighted by atomic mass is 15.0. The van der Waals surface area contributed by atoms with E-state index in [1.54, 1.807) is 0 Å². The van der Waals surface area contributed by atoms with Crippen LogP contribution in [0.5, 0.6) is 0 Å². The fourth-order valence-electron chi connectivity index (χ4n) is 8.24. The zero-order chi connectivity index (χ0) is 35.5. The molecule has 8 aromatic carbocycles. The maximum atomic E-state index is 5.26. The minimum atomic E-state index is -0.131. The van der Waals surface area contributed by atoms with Crippen molar-refractivity contribution in [3.05, 3.63) is 187 Å². The minimum Gasteiger partial charge on any atom is -0.208 e. The minimum absolute atomic E-state index is 0.131. The molecule has 250 valence electrons. The third kappa shape index (κ3) is 5.16. The molecule has 0 saturated heterocycles. The summed E-state index contributed by atoms with van der Waals surface area (Å²) in [6, 6.07) is 62.5. The Morgan fingerprint density at radius 1 is 0.340 bits per heavy atom. The van der Waals surface area contributed by atoms with Gasteiger partial charge < -0.3 is 0 Å². The van der Waals surface area contributed by atoms with Crippen molar-refractivity contribution in [2.75, 3.05) is 0 Å². The predicted octanol–water partition coefficient (Wildman–Crippen LogP) is 12.8. The van der Waals surface area contributed by atoms with Crippen molar-refractivity contribution in [2.45, 2.75) is 19.3 Å². The number of aromatic nitrogens is 3. The summed E-state index contributed by atoms with van der Waals surface area (Å²) in [7, 11) is 0. The largest absolute Gasteiger partial charge is 0.208 e. The van der Waals surface area contributed by atoms with Crippen LogP contribution in [0.1, 0.15) is 25.0 Å². The Kier molecular flexibility index (Phi) is 7.16. The summed E-state index contributed by atoms with van der Waals surface area (Å²) in [6.45, 7) is 4.71. The lowest BCUT2D eigenvalue weighted by Gasteiger charge is -2.23. The molecule has 3 nitrogen and oxygen atoms in total. The van der Waals surface area contributed by atoms with Gasteiger partial charge in [-0.3, -0.25) is 0 Å². The van der Waals surface area contributed by atoms with E-state index in [1.165, 1.54) is 44.2 Å². The molecule has 3 heteroatoms. The van der Waals surface area contributed by atoms with Crippen molar-refractivity contribution in [3.63, 3.8) is 0 Å². The third-order valence-electron chi connectivity index (χ3n) is 10.9. The van der Waals surface area contributed by atoms with E-state index in [9.17, 15) is 0 Å². The van der Waals surface area contributed by atoms with Crippen molar-refractivity contribution in [3.8, 4) is 67.5 Å². The van der Waals surface area contributed by atoms with Crippen molar-refractivity contribution < 1.29 is 0 Å². The van der Waals surface area contributed by atoms with Crippen LogP contribution in [0, 0.1) is 0 Å².